The summed E-state index contributed by atoms with van der Waals surface area (Å²) in [5.41, 5.74) is 4.32. The molecule has 0 spiro atoms. The van der Waals surface area contributed by atoms with E-state index >= 15 is 0 Å². The number of nitrogens with zero attached hydrogens (tertiary/aromatic N) is 3. The molecule has 0 aliphatic carbocycles. The van der Waals surface area contributed by atoms with Crippen molar-refractivity contribution >= 4 is 11.9 Å². The molecule has 220 valence electrons. The van der Waals surface area contributed by atoms with Crippen LogP contribution in [0.4, 0.5) is 4.39 Å². The van der Waals surface area contributed by atoms with Crippen LogP contribution in [-0.4, -0.2) is 83.0 Å². The van der Waals surface area contributed by atoms with Crippen LogP contribution in [0.15, 0.2) is 61.2 Å². The summed E-state index contributed by atoms with van der Waals surface area (Å²) in [5.74, 6) is -1.96. The number of carbonyl (C=O) groups excluding carboxylic acids is 1. The van der Waals surface area contributed by atoms with Crippen LogP contribution in [0.25, 0.3) is 11.3 Å². The van der Waals surface area contributed by atoms with E-state index in [1.807, 2.05) is 28.5 Å². The Labute approximate surface area is 244 Å². The van der Waals surface area contributed by atoms with E-state index in [9.17, 15) is 19.1 Å². The van der Waals surface area contributed by atoms with Gasteiger partial charge in [0.05, 0.1) is 37.2 Å². The number of ether oxygens (including phenoxy) is 2. The lowest BCUT2D eigenvalue weighted by Crippen LogP contribution is -2.52. The number of carboxylic acid groups (broad SMARTS) is 1. The highest BCUT2D eigenvalue weighted by Gasteiger charge is 2.38. The number of hydrogen-bond acceptors (Lipinski definition) is 5. The third kappa shape index (κ3) is 5.28. The Hall–Kier alpha value is -3.79. The van der Waals surface area contributed by atoms with Gasteiger partial charge in [0, 0.05) is 61.5 Å². The summed E-state index contributed by atoms with van der Waals surface area (Å²) in [5, 5.41) is 10.1. The fourth-order valence-corrected chi connectivity index (χ4v) is 6.69. The smallest absolute Gasteiger partial charge is 0.337 e. The average molecular weight is 574 g/mol. The summed E-state index contributed by atoms with van der Waals surface area (Å²) in [7, 11) is 0. The Bertz CT molecular complexity index is 1510. The van der Waals surface area contributed by atoms with Crippen LogP contribution in [0, 0.1) is 5.82 Å². The Balaban J connectivity index is 1.40. The van der Waals surface area contributed by atoms with Crippen LogP contribution in [0.2, 0.25) is 0 Å². The number of halogens is 1. The fraction of sp³-hybridized carbons (Fsp3) is 0.394. The predicted octanol–water partition coefficient (Wildman–Crippen LogP) is 4.58. The summed E-state index contributed by atoms with van der Waals surface area (Å²) < 4.78 is 28.2. The number of fused-ring (bicyclic) bond motifs is 2. The lowest BCUT2D eigenvalue weighted by atomic mass is 9.92. The molecular weight excluding hydrogens is 537 g/mol. The molecule has 1 N–H and O–H groups in total. The van der Waals surface area contributed by atoms with Crippen molar-refractivity contribution in [2.75, 3.05) is 39.5 Å². The van der Waals surface area contributed by atoms with Crippen LogP contribution >= 0.6 is 0 Å². The molecule has 3 atom stereocenters. The number of carbonyl (C=O) groups is 2. The average Bonchev–Trinajstić information content (AvgIpc) is 3.53. The Morgan fingerprint density at radius 2 is 1.88 bits per heavy atom. The van der Waals surface area contributed by atoms with Crippen LogP contribution in [-0.2, 0) is 29.0 Å². The number of aromatic nitrogens is 1. The van der Waals surface area contributed by atoms with Gasteiger partial charge in [-0.2, -0.15) is 0 Å². The van der Waals surface area contributed by atoms with Crippen molar-refractivity contribution in [3.8, 4) is 11.3 Å². The lowest BCUT2D eigenvalue weighted by molar-refractivity contribution is 0.0193. The maximum Gasteiger partial charge on any atom is 0.337 e. The Kier molecular flexibility index (Phi) is 7.98. The molecular formula is C33H36FN3O5. The second-order valence-corrected chi connectivity index (χ2v) is 11.4. The van der Waals surface area contributed by atoms with E-state index in [-0.39, 0.29) is 29.5 Å². The van der Waals surface area contributed by atoms with Gasteiger partial charge < -0.3 is 24.0 Å². The van der Waals surface area contributed by atoms with E-state index in [2.05, 4.69) is 23.6 Å². The molecule has 0 radical (unpaired) electrons. The van der Waals surface area contributed by atoms with Crippen molar-refractivity contribution in [2.45, 2.75) is 44.5 Å². The van der Waals surface area contributed by atoms with Crippen LogP contribution < -0.4 is 0 Å². The van der Waals surface area contributed by atoms with E-state index in [0.29, 0.717) is 62.0 Å². The Morgan fingerprint density at radius 3 is 2.62 bits per heavy atom. The zero-order valence-corrected chi connectivity index (χ0v) is 23.8. The van der Waals surface area contributed by atoms with Crippen molar-refractivity contribution < 1.29 is 28.6 Å². The number of morpholine rings is 1. The largest absolute Gasteiger partial charge is 0.478 e. The number of amides is 1. The highest BCUT2D eigenvalue weighted by Crippen LogP contribution is 2.41. The van der Waals surface area contributed by atoms with E-state index < -0.39 is 11.8 Å². The normalized spacial score (nSPS) is 22.0. The van der Waals surface area contributed by atoms with Crippen molar-refractivity contribution in [2.24, 2.45) is 0 Å². The molecule has 1 saturated heterocycles. The van der Waals surface area contributed by atoms with Gasteiger partial charge in [0.15, 0.2) is 0 Å². The molecule has 9 heteroatoms. The SMILES string of the molecule is C=CCO[C@H]1Cn2c(-c3cc(F)ccc3C(=O)N3Cc4ccccc4C[C@H]3CN3CCOCC3)cc(C(=O)O)c2C1C. The van der Waals surface area contributed by atoms with Gasteiger partial charge in [-0.1, -0.05) is 37.3 Å². The number of hydrogen-bond donors (Lipinski definition) is 1. The molecule has 42 heavy (non-hydrogen) atoms. The minimum atomic E-state index is -1.07. The molecule has 0 bridgehead atoms. The van der Waals surface area contributed by atoms with Crippen LogP contribution in [0.3, 0.4) is 0 Å². The maximum absolute atomic E-state index is 14.9. The Morgan fingerprint density at radius 1 is 1.12 bits per heavy atom. The zero-order chi connectivity index (χ0) is 29.4. The lowest BCUT2D eigenvalue weighted by Gasteiger charge is -2.40. The van der Waals surface area contributed by atoms with Gasteiger partial charge in [0.1, 0.15) is 5.82 Å². The molecule has 0 saturated carbocycles. The van der Waals surface area contributed by atoms with Gasteiger partial charge in [0.2, 0.25) is 0 Å². The highest BCUT2D eigenvalue weighted by atomic mass is 19.1. The molecule has 1 aromatic heterocycles. The summed E-state index contributed by atoms with van der Waals surface area (Å²) in [6.45, 7) is 10.5. The van der Waals surface area contributed by atoms with Gasteiger partial charge in [0.25, 0.3) is 5.91 Å². The monoisotopic (exact) mass is 573 g/mol. The molecule has 8 nitrogen and oxygen atoms in total. The molecule has 3 aliphatic rings. The third-order valence-electron chi connectivity index (χ3n) is 8.83. The minimum absolute atomic E-state index is 0.0762. The standard InChI is InChI=1S/C33H36FN3O5/c1-3-12-42-30-20-37-29(17-28(33(39)40)31(37)21(30)2)27-16-24(34)8-9-26(27)32(38)36-18-23-7-5-4-6-22(23)15-25(36)19-35-10-13-41-14-11-35/h3-9,16-17,21,25,30H,1,10-15,18-20H2,2H3,(H,39,40)/t21?,25-,30-/m0/s1. The summed E-state index contributed by atoms with van der Waals surface area (Å²) in [4.78, 5) is 31.0. The van der Waals surface area contributed by atoms with Crippen molar-refractivity contribution in [3.05, 3.63) is 95.0 Å². The molecule has 1 unspecified atom stereocenters. The van der Waals surface area contributed by atoms with Crippen molar-refractivity contribution in [3.63, 3.8) is 0 Å². The van der Waals surface area contributed by atoms with E-state index in [0.717, 1.165) is 25.1 Å². The number of aromatic carboxylic acids is 1. The van der Waals surface area contributed by atoms with Crippen LogP contribution in [0.1, 0.15) is 50.4 Å². The summed E-state index contributed by atoms with van der Waals surface area (Å²) >= 11 is 0. The molecule has 6 rings (SSSR count). The quantitative estimate of drug-likeness (QED) is 0.398. The van der Waals surface area contributed by atoms with Gasteiger partial charge >= 0.3 is 5.97 Å². The van der Waals surface area contributed by atoms with Crippen molar-refractivity contribution in [1.29, 1.82) is 0 Å². The van der Waals surface area contributed by atoms with Gasteiger partial charge in [-0.3, -0.25) is 9.69 Å². The van der Waals surface area contributed by atoms with Gasteiger partial charge in [-0.25, -0.2) is 9.18 Å². The zero-order valence-electron chi connectivity index (χ0n) is 23.8. The number of rotatable bonds is 8. The summed E-state index contributed by atoms with van der Waals surface area (Å²) in [6, 6.07) is 13.9. The summed E-state index contributed by atoms with van der Waals surface area (Å²) in [6.07, 6.45) is 2.12. The van der Waals surface area contributed by atoms with Gasteiger partial charge in [-0.15, -0.1) is 6.58 Å². The topological polar surface area (TPSA) is 84.2 Å². The second-order valence-electron chi connectivity index (χ2n) is 11.4. The van der Waals surface area contributed by atoms with Gasteiger partial charge in [-0.05, 0) is 41.8 Å². The molecule has 4 heterocycles. The van der Waals surface area contributed by atoms with E-state index in [4.69, 9.17) is 9.47 Å². The molecule has 1 fully saturated rings. The minimum Gasteiger partial charge on any atom is -0.478 e. The molecule has 3 aromatic rings. The maximum atomic E-state index is 14.9. The first-order valence-electron chi connectivity index (χ1n) is 14.5. The second kappa shape index (κ2) is 11.8. The first-order valence-corrected chi connectivity index (χ1v) is 14.5. The predicted molar refractivity (Wildman–Crippen MR) is 156 cm³/mol. The van der Waals surface area contributed by atoms with Crippen LogP contribution in [0.5, 0.6) is 0 Å². The first kappa shape index (κ1) is 28.3. The first-order chi connectivity index (χ1) is 20.4. The third-order valence-corrected chi connectivity index (χ3v) is 8.83. The van der Waals surface area contributed by atoms with Crippen molar-refractivity contribution in [1.82, 2.24) is 14.4 Å². The molecule has 3 aliphatic heterocycles. The number of carboxylic acids is 1. The highest BCUT2D eigenvalue weighted by molar-refractivity contribution is 6.02. The number of benzene rings is 2. The molecule has 1 amide bonds. The van der Waals surface area contributed by atoms with E-state index in [1.54, 1.807) is 12.1 Å². The fourth-order valence-electron chi connectivity index (χ4n) is 6.69. The molecule has 2 aromatic carbocycles. The van der Waals surface area contributed by atoms with E-state index in [1.165, 1.54) is 23.8 Å².